The van der Waals surface area contributed by atoms with Crippen LogP contribution in [0.1, 0.15) is 16.7 Å². The third kappa shape index (κ3) is 6.88. The van der Waals surface area contributed by atoms with Crippen LogP contribution in [0.25, 0.3) is 0 Å². The number of benzene rings is 2. The van der Waals surface area contributed by atoms with Crippen LogP contribution in [0.4, 0.5) is 4.39 Å². The summed E-state index contributed by atoms with van der Waals surface area (Å²) in [6, 6.07) is 11.9. The maximum atomic E-state index is 13.9. The summed E-state index contributed by atoms with van der Waals surface area (Å²) in [6.45, 7) is 0.877. The van der Waals surface area contributed by atoms with Crippen LogP contribution in [0, 0.1) is 17.1 Å². The highest BCUT2D eigenvalue weighted by Crippen LogP contribution is 2.22. The molecule has 0 saturated carbocycles. The van der Waals surface area contributed by atoms with Gasteiger partial charge >= 0.3 is 0 Å². The molecule has 2 rings (SSSR count). The molecule has 0 bridgehead atoms. The maximum Gasteiger partial charge on any atom is 0.191 e. The lowest BCUT2D eigenvalue weighted by atomic mass is 10.1. The zero-order valence-electron chi connectivity index (χ0n) is 15.1. The van der Waals surface area contributed by atoms with Crippen molar-refractivity contribution in [3.05, 3.63) is 63.9 Å². The van der Waals surface area contributed by atoms with E-state index in [-0.39, 0.29) is 30.5 Å². The molecular weight excluding hydrogens is 482 g/mol. The van der Waals surface area contributed by atoms with E-state index in [0.29, 0.717) is 40.8 Å². The smallest absolute Gasteiger partial charge is 0.191 e. The zero-order chi connectivity index (χ0) is 18.9. The van der Waals surface area contributed by atoms with Gasteiger partial charge in [0.1, 0.15) is 11.6 Å². The summed E-state index contributed by atoms with van der Waals surface area (Å²) in [5.74, 6) is 0.851. The molecule has 0 amide bonds. The molecule has 144 valence electrons. The molecule has 0 spiro atoms. The Kier molecular flexibility index (Phi) is 9.89. The summed E-state index contributed by atoms with van der Waals surface area (Å²) in [4.78, 5) is 4.11. The molecule has 2 aromatic rings. The van der Waals surface area contributed by atoms with Crippen LogP contribution in [0.5, 0.6) is 5.75 Å². The lowest BCUT2D eigenvalue weighted by Crippen LogP contribution is -2.38. The highest BCUT2D eigenvalue weighted by Gasteiger charge is 2.06. The molecule has 0 aliphatic carbocycles. The van der Waals surface area contributed by atoms with Crippen molar-refractivity contribution in [3.63, 3.8) is 0 Å². The number of nitrogens with one attached hydrogen (secondary N) is 2. The van der Waals surface area contributed by atoms with Crippen LogP contribution >= 0.6 is 35.6 Å². The van der Waals surface area contributed by atoms with Crippen LogP contribution in [0.2, 0.25) is 5.02 Å². The van der Waals surface area contributed by atoms with Gasteiger partial charge in [0.25, 0.3) is 0 Å². The first-order valence-corrected chi connectivity index (χ1v) is 8.40. The molecule has 5 nitrogen and oxygen atoms in total. The average molecular weight is 503 g/mol. The summed E-state index contributed by atoms with van der Waals surface area (Å²) in [5, 5.41) is 15.6. The highest BCUT2D eigenvalue weighted by atomic mass is 127. The van der Waals surface area contributed by atoms with E-state index in [1.807, 2.05) is 18.2 Å². The number of nitriles is 1. The molecule has 0 unspecified atom stereocenters. The Morgan fingerprint density at radius 2 is 1.96 bits per heavy atom. The third-order valence-corrected chi connectivity index (χ3v) is 4.15. The van der Waals surface area contributed by atoms with Gasteiger partial charge in [-0.05, 0) is 36.2 Å². The molecule has 2 aromatic carbocycles. The summed E-state index contributed by atoms with van der Waals surface area (Å²) in [7, 11) is 3.24. The number of hydrogen-bond acceptors (Lipinski definition) is 3. The number of methoxy groups -OCH3 is 1. The Morgan fingerprint density at radius 1 is 1.22 bits per heavy atom. The minimum Gasteiger partial charge on any atom is -0.497 e. The Hall–Kier alpha value is -2.05. The van der Waals surface area contributed by atoms with Gasteiger partial charge in [0.05, 0.1) is 18.7 Å². The number of nitrogens with zero attached hydrogens (tertiary/aromatic N) is 2. The van der Waals surface area contributed by atoms with Gasteiger partial charge in [-0.3, -0.25) is 4.99 Å². The van der Waals surface area contributed by atoms with Crippen molar-refractivity contribution in [2.45, 2.75) is 13.0 Å². The minimum atomic E-state index is -0.419. The Morgan fingerprint density at radius 3 is 2.56 bits per heavy atom. The number of hydrogen-bond donors (Lipinski definition) is 2. The predicted octanol–water partition coefficient (Wildman–Crippen LogP) is 3.89. The fourth-order valence-electron chi connectivity index (χ4n) is 2.33. The van der Waals surface area contributed by atoms with Crippen molar-refractivity contribution in [1.82, 2.24) is 10.6 Å². The van der Waals surface area contributed by atoms with Gasteiger partial charge in [-0.15, -0.1) is 24.0 Å². The van der Waals surface area contributed by atoms with E-state index < -0.39 is 5.82 Å². The van der Waals surface area contributed by atoms with E-state index in [0.717, 1.165) is 5.56 Å². The molecule has 0 aliphatic heterocycles. The number of ether oxygens (including phenoxy) is 1. The van der Waals surface area contributed by atoms with Gasteiger partial charge in [0.15, 0.2) is 5.96 Å². The molecule has 2 N–H and O–H groups in total. The van der Waals surface area contributed by atoms with Crippen LogP contribution in [-0.2, 0) is 13.0 Å². The van der Waals surface area contributed by atoms with E-state index in [9.17, 15) is 4.39 Å². The van der Waals surface area contributed by atoms with E-state index in [2.05, 4.69) is 15.6 Å². The van der Waals surface area contributed by atoms with Gasteiger partial charge in [-0.1, -0.05) is 23.7 Å². The SMILES string of the molecule is CN=C(NCCc1ccc(OC)cc1Cl)NCc1ccc(C#N)cc1F.I. The first kappa shape index (κ1) is 23.0. The Labute approximate surface area is 180 Å². The van der Waals surface area contributed by atoms with Crippen LogP contribution in [-0.4, -0.2) is 26.7 Å². The lowest BCUT2D eigenvalue weighted by Gasteiger charge is -2.13. The van der Waals surface area contributed by atoms with Crippen LogP contribution < -0.4 is 15.4 Å². The Balaban J connectivity index is 0.00000364. The molecule has 0 heterocycles. The molecule has 27 heavy (non-hydrogen) atoms. The van der Waals surface area contributed by atoms with Crippen LogP contribution in [0.15, 0.2) is 41.4 Å². The summed E-state index contributed by atoms with van der Waals surface area (Å²) in [5.41, 5.74) is 1.75. The van der Waals surface area contributed by atoms with Gasteiger partial charge in [-0.25, -0.2) is 4.39 Å². The molecule has 0 saturated heterocycles. The molecule has 0 aliphatic rings. The number of aliphatic imine (C=N–C) groups is 1. The van der Waals surface area contributed by atoms with Gasteiger partial charge in [0.2, 0.25) is 0 Å². The van der Waals surface area contributed by atoms with Gasteiger partial charge < -0.3 is 15.4 Å². The topological polar surface area (TPSA) is 69.4 Å². The second kappa shape index (κ2) is 11.6. The fraction of sp³-hybridized carbons (Fsp3) is 0.263. The molecule has 8 heteroatoms. The standard InChI is InChI=1S/C19H20ClFN4O.HI/c1-23-19(25-12-15-4-3-13(11-22)9-18(15)21)24-8-7-14-5-6-16(26-2)10-17(14)20;/h3-6,9-10H,7-8,12H2,1-2H3,(H2,23,24,25);1H. The van der Waals surface area contributed by atoms with Crippen molar-refractivity contribution in [1.29, 1.82) is 5.26 Å². The number of guanidine groups is 1. The van der Waals surface area contributed by atoms with Gasteiger partial charge in [0, 0.05) is 30.7 Å². The first-order chi connectivity index (χ1) is 12.6. The molecular formula is C19H21ClFIN4O. The predicted molar refractivity (Wildman–Crippen MR) is 116 cm³/mol. The second-order valence-corrected chi connectivity index (χ2v) is 5.89. The first-order valence-electron chi connectivity index (χ1n) is 8.03. The lowest BCUT2D eigenvalue weighted by molar-refractivity contribution is 0.414. The molecule has 0 aromatic heterocycles. The van der Waals surface area contributed by atoms with E-state index in [4.69, 9.17) is 21.6 Å². The van der Waals surface area contributed by atoms with E-state index in [1.54, 1.807) is 32.4 Å². The number of halogens is 3. The fourth-order valence-corrected chi connectivity index (χ4v) is 2.60. The molecule has 0 radical (unpaired) electrons. The number of rotatable bonds is 6. The second-order valence-electron chi connectivity index (χ2n) is 5.48. The maximum absolute atomic E-state index is 13.9. The van der Waals surface area contributed by atoms with Crippen molar-refractivity contribution in [2.75, 3.05) is 20.7 Å². The highest BCUT2D eigenvalue weighted by molar-refractivity contribution is 14.0. The normalized spacial score (nSPS) is 10.6. The third-order valence-electron chi connectivity index (χ3n) is 3.80. The van der Waals surface area contributed by atoms with Crippen molar-refractivity contribution >= 4 is 41.5 Å². The zero-order valence-corrected chi connectivity index (χ0v) is 18.1. The van der Waals surface area contributed by atoms with Crippen LogP contribution in [0.3, 0.4) is 0 Å². The van der Waals surface area contributed by atoms with E-state index >= 15 is 0 Å². The van der Waals surface area contributed by atoms with E-state index in [1.165, 1.54) is 6.07 Å². The quantitative estimate of drug-likeness (QED) is 0.357. The summed E-state index contributed by atoms with van der Waals surface area (Å²) >= 11 is 6.22. The van der Waals surface area contributed by atoms with Gasteiger partial charge in [-0.2, -0.15) is 5.26 Å². The van der Waals surface area contributed by atoms with Crippen molar-refractivity contribution in [3.8, 4) is 11.8 Å². The molecule has 0 fully saturated rings. The Bertz CT molecular complexity index is 839. The van der Waals surface area contributed by atoms with Crippen molar-refractivity contribution in [2.24, 2.45) is 4.99 Å². The largest absolute Gasteiger partial charge is 0.497 e. The molecule has 0 atom stereocenters. The summed E-state index contributed by atoms with van der Waals surface area (Å²) in [6.07, 6.45) is 0.703. The summed E-state index contributed by atoms with van der Waals surface area (Å²) < 4.78 is 19.0. The van der Waals surface area contributed by atoms with Crippen molar-refractivity contribution < 1.29 is 9.13 Å². The average Bonchev–Trinajstić information content (AvgIpc) is 2.66. The minimum absolute atomic E-state index is 0. The monoisotopic (exact) mass is 502 g/mol.